The van der Waals surface area contributed by atoms with Gasteiger partial charge in [-0.05, 0) is 12.1 Å². The molecule has 3 aromatic rings. The molecule has 0 radical (unpaired) electrons. The number of oxazole rings is 1. The molecule has 2 aromatic heterocycles. The summed E-state index contributed by atoms with van der Waals surface area (Å²) in [4.78, 5) is 14.5. The molecule has 0 bridgehead atoms. The van der Waals surface area contributed by atoms with Crippen molar-refractivity contribution < 1.29 is 18.7 Å². The molecule has 2 heterocycles. The van der Waals surface area contributed by atoms with Crippen molar-refractivity contribution in [2.75, 3.05) is 0 Å². The number of rotatable bonds is 2. The zero-order valence-electron chi connectivity index (χ0n) is 8.14. The lowest BCUT2D eigenvalue weighted by Crippen LogP contribution is -1.99. The number of carboxylic acids is 1. The van der Waals surface area contributed by atoms with Gasteiger partial charge in [0, 0.05) is 0 Å². The van der Waals surface area contributed by atoms with Gasteiger partial charge in [-0.25, -0.2) is 0 Å². The lowest BCUT2D eigenvalue weighted by Gasteiger charge is -1.87. The van der Waals surface area contributed by atoms with Crippen LogP contribution >= 0.6 is 0 Å². The van der Waals surface area contributed by atoms with Gasteiger partial charge < -0.3 is 13.9 Å². The molecule has 0 saturated heterocycles. The normalized spacial score (nSPS) is 11.2. The Morgan fingerprint density at radius 2 is 2.12 bits per heavy atom. The number of nitrogens with zero attached hydrogens (tertiary/aromatic N) is 1. The van der Waals surface area contributed by atoms with Gasteiger partial charge in [-0.3, -0.25) is 4.79 Å². The Bertz CT molecular complexity index is 679. The fourth-order valence-electron chi connectivity index (χ4n) is 1.64. The fourth-order valence-corrected chi connectivity index (χ4v) is 1.64. The summed E-state index contributed by atoms with van der Waals surface area (Å²) >= 11 is 0. The molecule has 0 amide bonds. The molecule has 0 atom stereocenters. The SMILES string of the molecule is O=C(O)Cc1nc2oc3ccccc3c2o1. The number of hydrogen-bond acceptors (Lipinski definition) is 4. The van der Waals surface area contributed by atoms with Crippen molar-refractivity contribution in [1.82, 2.24) is 4.98 Å². The third-order valence-corrected chi connectivity index (χ3v) is 2.28. The van der Waals surface area contributed by atoms with E-state index in [4.69, 9.17) is 13.9 Å². The van der Waals surface area contributed by atoms with Crippen LogP contribution in [0.1, 0.15) is 5.89 Å². The average molecular weight is 217 g/mol. The van der Waals surface area contributed by atoms with E-state index in [9.17, 15) is 4.79 Å². The Morgan fingerprint density at radius 1 is 1.31 bits per heavy atom. The van der Waals surface area contributed by atoms with Crippen LogP contribution in [0.2, 0.25) is 0 Å². The minimum absolute atomic E-state index is 0.159. The van der Waals surface area contributed by atoms with Crippen LogP contribution in [0.15, 0.2) is 33.1 Å². The van der Waals surface area contributed by atoms with Crippen LogP contribution in [0.5, 0.6) is 0 Å². The first-order chi connectivity index (χ1) is 7.74. The molecule has 80 valence electrons. The molecule has 0 unspecified atom stereocenters. The highest BCUT2D eigenvalue weighted by Crippen LogP contribution is 2.28. The predicted molar refractivity (Wildman–Crippen MR) is 55.1 cm³/mol. The van der Waals surface area contributed by atoms with Crippen LogP contribution in [0.25, 0.3) is 22.3 Å². The summed E-state index contributed by atoms with van der Waals surface area (Å²) in [5.74, 6) is -0.819. The molecule has 0 spiro atoms. The topological polar surface area (TPSA) is 76.5 Å². The van der Waals surface area contributed by atoms with Gasteiger partial charge in [0.25, 0.3) is 5.71 Å². The van der Waals surface area contributed by atoms with Gasteiger partial charge in [0.05, 0.1) is 5.39 Å². The van der Waals surface area contributed by atoms with Gasteiger partial charge in [0.2, 0.25) is 11.5 Å². The highest BCUT2D eigenvalue weighted by atomic mass is 16.4. The van der Waals surface area contributed by atoms with Crippen molar-refractivity contribution in [2.24, 2.45) is 0 Å². The third-order valence-electron chi connectivity index (χ3n) is 2.28. The van der Waals surface area contributed by atoms with Crippen LogP contribution in [-0.4, -0.2) is 16.1 Å². The largest absolute Gasteiger partial charge is 0.481 e. The second-order valence-electron chi connectivity index (χ2n) is 3.41. The zero-order valence-corrected chi connectivity index (χ0v) is 8.14. The number of aliphatic carboxylic acids is 1. The average Bonchev–Trinajstić information content (AvgIpc) is 2.73. The number of aromatic nitrogens is 1. The van der Waals surface area contributed by atoms with Crippen LogP contribution in [0, 0.1) is 0 Å². The summed E-state index contributed by atoms with van der Waals surface area (Å²) in [6.45, 7) is 0. The summed E-state index contributed by atoms with van der Waals surface area (Å²) in [7, 11) is 0. The molecule has 1 aromatic carbocycles. The molecule has 0 saturated carbocycles. The van der Waals surface area contributed by atoms with Gasteiger partial charge in [0.15, 0.2) is 0 Å². The highest BCUT2D eigenvalue weighted by Gasteiger charge is 2.15. The smallest absolute Gasteiger partial charge is 0.312 e. The monoisotopic (exact) mass is 217 g/mol. The summed E-state index contributed by atoms with van der Waals surface area (Å²) in [6, 6.07) is 7.36. The maximum Gasteiger partial charge on any atom is 0.312 e. The van der Waals surface area contributed by atoms with Crippen molar-refractivity contribution in [3.05, 3.63) is 30.2 Å². The lowest BCUT2D eigenvalue weighted by molar-refractivity contribution is -0.136. The molecule has 1 N–H and O–H groups in total. The second-order valence-corrected chi connectivity index (χ2v) is 3.41. The van der Waals surface area contributed by atoms with E-state index in [-0.39, 0.29) is 12.3 Å². The minimum atomic E-state index is -0.979. The Morgan fingerprint density at radius 3 is 2.94 bits per heavy atom. The van der Waals surface area contributed by atoms with E-state index in [0.29, 0.717) is 16.9 Å². The second kappa shape index (κ2) is 3.10. The number of furan rings is 1. The van der Waals surface area contributed by atoms with Gasteiger partial charge in [0.1, 0.15) is 12.0 Å². The number of benzene rings is 1. The van der Waals surface area contributed by atoms with Crippen LogP contribution in [0.3, 0.4) is 0 Å². The number of carboxylic acid groups (broad SMARTS) is 1. The molecule has 5 nitrogen and oxygen atoms in total. The van der Waals surface area contributed by atoms with Gasteiger partial charge in [-0.15, -0.1) is 0 Å². The van der Waals surface area contributed by atoms with E-state index >= 15 is 0 Å². The summed E-state index contributed by atoms with van der Waals surface area (Å²) in [5, 5.41) is 9.42. The molecule has 0 aliphatic heterocycles. The Hall–Kier alpha value is -2.30. The first-order valence-electron chi connectivity index (χ1n) is 4.73. The zero-order chi connectivity index (χ0) is 11.1. The van der Waals surface area contributed by atoms with Gasteiger partial charge >= 0.3 is 5.97 Å². The highest BCUT2D eigenvalue weighted by molar-refractivity contribution is 5.99. The van der Waals surface area contributed by atoms with Crippen molar-refractivity contribution >= 4 is 28.2 Å². The maximum atomic E-state index is 10.5. The third kappa shape index (κ3) is 1.25. The Labute approximate surface area is 89.3 Å². The number of para-hydroxylation sites is 1. The van der Waals surface area contributed by atoms with E-state index in [1.54, 1.807) is 0 Å². The summed E-state index contributed by atoms with van der Waals surface area (Å²) < 4.78 is 10.8. The summed E-state index contributed by atoms with van der Waals surface area (Å²) in [5.41, 5.74) is 1.54. The van der Waals surface area contributed by atoms with Crippen molar-refractivity contribution in [3.63, 3.8) is 0 Å². The number of fused-ring (bicyclic) bond motifs is 3. The van der Waals surface area contributed by atoms with Crippen molar-refractivity contribution in [1.29, 1.82) is 0 Å². The summed E-state index contributed by atoms with van der Waals surface area (Å²) in [6.07, 6.45) is -0.238. The molecular weight excluding hydrogens is 210 g/mol. The quantitative estimate of drug-likeness (QED) is 0.712. The van der Waals surface area contributed by atoms with E-state index in [0.717, 1.165) is 5.39 Å². The Balaban J connectivity index is 2.22. The van der Waals surface area contributed by atoms with E-state index in [2.05, 4.69) is 4.98 Å². The van der Waals surface area contributed by atoms with Crippen LogP contribution < -0.4 is 0 Å². The van der Waals surface area contributed by atoms with Crippen molar-refractivity contribution in [3.8, 4) is 0 Å². The molecule has 3 rings (SSSR count). The molecule has 0 fully saturated rings. The number of hydrogen-bond donors (Lipinski definition) is 1. The standard InChI is InChI=1S/C11H7NO4/c13-9(14)5-8-12-11-10(16-8)6-3-1-2-4-7(6)15-11/h1-4H,5H2,(H,13,14). The fraction of sp³-hybridized carbons (Fsp3) is 0.0909. The Kier molecular flexibility index (Phi) is 1.73. The first-order valence-corrected chi connectivity index (χ1v) is 4.73. The lowest BCUT2D eigenvalue weighted by atomic mass is 10.2. The van der Waals surface area contributed by atoms with Crippen LogP contribution in [0.4, 0.5) is 0 Å². The van der Waals surface area contributed by atoms with Gasteiger partial charge in [-0.1, -0.05) is 12.1 Å². The molecule has 16 heavy (non-hydrogen) atoms. The predicted octanol–water partition coefficient (Wildman–Crippen LogP) is 2.20. The molecular formula is C11H7NO4. The molecule has 0 aliphatic rings. The van der Waals surface area contributed by atoms with E-state index < -0.39 is 5.97 Å². The first kappa shape index (κ1) is 8.96. The molecule has 0 aliphatic carbocycles. The van der Waals surface area contributed by atoms with Gasteiger partial charge in [-0.2, -0.15) is 4.98 Å². The van der Waals surface area contributed by atoms with Crippen LogP contribution in [-0.2, 0) is 11.2 Å². The molecule has 5 heteroatoms. The number of carbonyl (C=O) groups is 1. The van der Waals surface area contributed by atoms with E-state index in [1.165, 1.54) is 0 Å². The minimum Gasteiger partial charge on any atom is -0.481 e. The van der Waals surface area contributed by atoms with Crippen molar-refractivity contribution in [2.45, 2.75) is 6.42 Å². The van der Waals surface area contributed by atoms with E-state index in [1.807, 2.05) is 24.3 Å². The maximum absolute atomic E-state index is 10.5.